The van der Waals surface area contributed by atoms with Crippen molar-refractivity contribution in [1.29, 1.82) is 0 Å². The van der Waals surface area contributed by atoms with E-state index in [9.17, 15) is 27.9 Å². The standard InChI is InChI=1S/C14H13ClF3NO3/c1-8(20)5-11(21)7-12(19-13(22)14(16,17)18)9-3-2-4-10(15)6-9/h2-6,12,21H,7H2,1H3,(H,19,22)/b11-5-/t12-/m1/s1. The van der Waals surface area contributed by atoms with Gasteiger partial charge in [-0.1, -0.05) is 23.7 Å². The summed E-state index contributed by atoms with van der Waals surface area (Å²) in [6.45, 7) is 1.18. The van der Waals surface area contributed by atoms with Crippen molar-refractivity contribution in [3.63, 3.8) is 0 Å². The largest absolute Gasteiger partial charge is 0.512 e. The zero-order valence-electron chi connectivity index (χ0n) is 11.4. The molecule has 0 radical (unpaired) electrons. The van der Waals surface area contributed by atoms with E-state index >= 15 is 0 Å². The maximum Gasteiger partial charge on any atom is 0.471 e. The third-order valence-electron chi connectivity index (χ3n) is 2.60. The number of carbonyl (C=O) groups excluding carboxylic acids is 2. The summed E-state index contributed by atoms with van der Waals surface area (Å²) in [4.78, 5) is 22.0. The van der Waals surface area contributed by atoms with Gasteiger partial charge in [0.15, 0.2) is 5.78 Å². The first kappa shape index (κ1) is 18.0. The van der Waals surface area contributed by atoms with Crippen molar-refractivity contribution in [2.45, 2.75) is 25.6 Å². The summed E-state index contributed by atoms with van der Waals surface area (Å²) in [6, 6.07) is 4.65. The van der Waals surface area contributed by atoms with Gasteiger partial charge in [0.1, 0.15) is 0 Å². The molecule has 1 aromatic carbocycles. The first-order valence-corrected chi connectivity index (χ1v) is 6.50. The van der Waals surface area contributed by atoms with Crippen molar-refractivity contribution >= 4 is 23.3 Å². The molecule has 0 saturated carbocycles. The minimum atomic E-state index is -5.06. The van der Waals surface area contributed by atoms with E-state index < -0.39 is 29.7 Å². The van der Waals surface area contributed by atoms with Crippen LogP contribution in [0.4, 0.5) is 13.2 Å². The Kier molecular flexibility index (Phi) is 5.99. The minimum absolute atomic E-state index is 0.263. The van der Waals surface area contributed by atoms with Crippen LogP contribution in [0.1, 0.15) is 24.9 Å². The maximum atomic E-state index is 12.4. The predicted octanol–water partition coefficient (Wildman–Crippen LogP) is 3.48. The van der Waals surface area contributed by atoms with Crippen molar-refractivity contribution in [3.05, 3.63) is 46.7 Å². The minimum Gasteiger partial charge on any atom is -0.512 e. The van der Waals surface area contributed by atoms with E-state index in [4.69, 9.17) is 11.6 Å². The van der Waals surface area contributed by atoms with Gasteiger partial charge in [0.2, 0.25) is 0 Å². The highest BCUT2D eigenvalue weighted by Crippen LogP contribution is 2.25. The summed E-state index contributed by atoms with van der Waals surface area (Å²) >= 11 is 5.77. The second kappa shape index (κ2) is 7.31. The van der Waals surface area contributed by atoms with Gasteiger partial charge in [-0.25, -0.2) is 0 Å². The smallest absolute Gasteiger partial charge is 0.471 e. The molecule has 4 nitrogen and oxygen atoms in total. The molecule has 0 aliphatic rings. The molecular formula is C14H13ClF3NO3. The molecule has 22 heavy (non-hydrogen) atoms. The zero-order valence-corrected chi connectivity index (χ0v) is 12.2. The van der Waals surface area contributed by atoms with E-state index in [1.165, 1.54) is 31.2 Å². The number of hydrogen-bond donors (Lipinski definition) is 2. The fourth-order valence-electron chi connectivity index (χ4n) is 1.72. The molecule has 1 aromatic rings. The van der Waals surface area contributed by atoms with Gasteiger partial charge in [0.25, 0.3) is 0 Å². The Morgan fingerprint density at radius 3 is 2.55 bits per heavy atom. The van der Waals surface area contributed by atoms with E-state index in [0.717, 1.165) is 6.08 Å². The van der Waals surface area contributed by atoms with Crippen LogP contribution in [0.5, 0.6) is 0 Å². The molecule has 0 bridgehead atoms. The van der Waals surface area contributed by atoms with Crippen LogP contribution in [0, 0.1) is 0 Å². The molecule has 0 spiro atoms. The Morgan fingerprint density at radius 2 is 2.05 bits per heavy atom. The number of benzene rings is 1. The Hall–Kier alpha value is -2.02. The highest BCUT2D eigenvalue weighted by atomic mass is 35.5. The van der Waals surface area contributed by atoms with Crippen LogP contribution >= 0.6 is 11.6 Å². The molecule has 8 heteroatoms. The number of aliphatic hydroxyl groups is 1. The highest BCUT2D eigenvalue weighted by molar-refractivity contribution is 6.30. The number of halogens is 4. The van der Waals surface area contributed by atoms with Crippen molar-refractivity contribution in [2.24, 2.45) is 0 Å². The molecule has 0 fully saturated rings. The number of hydrogen-bond acceptors (Lipinski definition) is 3. The molecule has 0 heterocycles. The average molecular weight is 336 g/mol. The molecule has 1 amide bonds. The lowest BCUT2D eigenvalue weighted by Gasteiger charge is -2.20. The topological polar surface area (TPSA) is 66.4 Å². The summed E-state index contributed by atoms with van der Waals surface area (Å²) in [5, 5.41) is 11.6. The van der Waals surface area contributed by atoms with E-state index in [-0.39, 0.29) is 17.0 Å². The van der Waals surface area contributed by atoms with Crippen molar-refractivity contribution < 1.29 is 27.9 Å². The SMILES string of the molecule is CC(=O)/C=C(\O)C[C@@H](NC(=O)C(F)(F)F)c1cccc(Cl)c1. The number of rotatable bonds is 5. The second-order valence-corrected chi connectivity index (χ2v) is 4.97. The van der Waals surface area contributed by atoms with Gasteiger partial charge < -0.3 is 10.4 Å². The van der Waals surface area contributed by atoms with E-state index in [0.29, 0.717) is 0 Å². The van der Waals surface area contributed by atoms with E-state index in [1.54, 1.807) is 5.32 Å². The lowest BCUT2D eigenvalue weighted by Crippen LogP contribution is -2.39. The predicted molar refractivity (Wildman–Crippen MR) is 74.4 cm³/mol. The molecule has 2 N–H and O–H groups in total. The number of amides is 1. The molecule has 120 valence electrons. The molecule has 1 rings (SSSR count). The van der Waals surface area contributed by atoms with E-state index in [1.807, 2.05) is 0 Å². The van der Waals surface area contributed by atoms with Gasteiger partial charge in [-0.2, -0.15) is 13.2 Å². The van der Waals surface area contributed by atoms with Crippen LogP contribution in [0.2, 0.25) is 5.02 Å². The van der Waals surface area contributed by atoms with Crippen LogP contribution in [0.15, 0.2) is 36.1 Å². The summed E-state index contributed by atoms with van der Waals surface area (Å²) in [5.41, 5.74) is 0.272. The number of aliphatic hydroxyl groups excluding tert-OH is 1. The fraction of sp³-hybridized carbons (Fsp3) is 0.286. The monoisotopic (exact) mass is 335 g/mol. The van der Waals surface area contributed by atoms with Crippen LogP contribution in [-0.4, -0.2) is 23.0 Å². The van der Waals surface area contributed by atoms with Crippen LogP contribution in [-0.2, 0) is 9.59 Å². The van der Waals surface area contributed by atoms with Crippen LogP contribution in [0.3, 0.4) is 0 Å². The molecular weight excluding hydrogens is 323 g/mol. The third kappa shape index (κ3) is 5.77. The third-order valence-corrected chi connectivity index (χ3v) is 2.83. The van der Waals surface area contributed by atoms with E-state index in [2.05, 4.69) is 0 Å². The number of alkyl halides is 3. The Bertz CT molecular complexity index is 599. The maximum absolute atomic E-state index is 12.4. The molecule has 0 saturated heterocycles. The van der Waals surface area contributed by atoms with Crippen LogP contribution in [0.25, 0.3) is 0 Å². The number of nitrogens with one attached hydrogen (secondary N) is 1. The molecule has 0 unspecified atom stereocenters. The summed E-state index contributed by atoms with van der Waals surface area (Å²) in [7, 11) is 0. The number of ketones is 1. The number of allylic oxidation sites excluding steroid dienone is 1. The van der Waals surface area contributed by atoms with Crippen molar-refractivity contribution in [3.8, 4) is 0 Å². The molecule has 0 aromatic heterocycles. The number of carbonyl (C=O) groups is 2. The first-order chi connectivity index (χ1) is 10.1. The normalized spacial score (nSPS) is 13.6. The summed E-state index contributed by atoms with van der Waals surface area (Å²) in [6.07, 6.45) is -4.56. The lowest BCUT2D eigenvalue weighted by molar-refractivity contribution is -0.174. The Morgan fingerprint density at radius 1 is 1.41 bits per heavy atom. The van der Waals surface area contributed by atoms with Gasteiger partial charge in [0.05, 0.1) is 11.8 Å². The first-order valence-electron chi connectivity index (χ1n) is 6.13. The summed E-state index contributed by atoms with van der Waals surface area (Å²) in [5.74, 6) is -3.06. The Labute approximate surface area is 129 Å². The van der Waals surface area contributed by atoms with Gasteiger partial charge in [-0.3, -0.25) is 9.59 Å². The van der Waals surface area contributed by atoms with Crippen LogP contribution < -0.4 is 5.32 Å². The second-order valence-electron chi connectivity index (χ2n) is 4.53. The van der Waals surface area contributed by atoms with Crippen molar-refractivity contribution in [2.75, 3.05) is 0 Å². The lowest BCUT2D eigenvalue weighted by atomic mass is 10.0. The zero-order chi connectivity index (χ0) is 16.9. The molecule has 0 aliphatic carbocycles. The van der Waals surface area contributed by atoms with Gasteiger partial charge in [-0.05, 0) is 24.6 Å². The van der Waals surface area contributed by atoms with Gasteiger partial charge >= 0.3 is 12.1 Å². The fourth-order valence-corrected chi connectivity index (χ4v) is 1.92. The molecule has 1 atom stereocenters. The average Bonchev–Trinajstić information content (AvgIpc) is 2.35. The van der Waals surface area contributed by atoms with Crippen molar-refractivity contribution in [1.82, 2.24) is 5.32 Å². The van der Waals surface area contributed by atoms with Gasteiger partial charge in [-0.15, -0.1) is 0 Å². The quantitative estimate of drug-likeness (QED) is 0.639. The summed E-state index contributed by atoms with van der Waals surface area (Å²) < 4.78 is 37.1. The van der Waals surface area contributed by atoms with Gasteiger partial charge in [0, 0.05) is 17.5 Å². The Balaban J connectivity index is 3.05. The molecule has 0 aliphatic heterocycles. The highest BCUT2D eigenvalue weighted by Gasteiger charge is 2.40.